The largest absolute Gasteiger partial charge is 0.491 e. The molecule has 0 unspecified atom stereocenters. The molecule has 0 saturated heterocycles. The Labute approximate surface area is 82.8 Å². The van der Waals surface area contributed by atoms with Crippen molar-refractivity contribution in [2.24, 2.45) is 0 Å². The van der Waals surface area contributed by atoms with Crippen molar-refractivity contribution < 1.29 is 9.79 Å². The zero-order valence-electron chi connectivity index (χ0n) is 8.65. The van der Waals surface area contributed by atoms with Gasteiger partial charge < -0.3 is 5.11 Å². The van der Waals surface area contributed by atoms with Gasteiger partial charge in [0.05, 0.1) is 12.6 Å². The van der Waals surface area contributed by atoms with E-state index in [2.05, 4.69) is 29.6 Å². The lowest BCUT2D eigenvalue weighted by molar-refractivity contribution is -0.667. The third-order valence-corrected chi connectivity index (χ3v) is 2.45. The van der Waals surface area contributed by atoms with E-state index in [1.54, 1.807) is 10.7 Å². The highest BCUT2D eigenvalue weighted by atomic mass is 16.3. The van der Waals surface area contributed by atoms with E-state index in [-0.39, 0.29) is 5.88 Å². The Hall–Kier alpha value is -1.58. The summed E-state index contributed by atoms with van der Waals surface area (Å²) >= 11 is 0. The molecular formula is C10H14N3O+. The summed E-state index contributed by atoms with van der Waals surface area (Å²) in [5.41, 5.74) is 2.21. The third kappa shape index (κ3) is 1.14. The van der Waals surface area contributed by atoms with Crippen molar-refractivity contribution in [2.45, 2.75) is 27.3 Å². The van der Waals surface area contributed by atoms with Gasteiger partial charge in [0.1, 0.15) is 11.4 Å². The van der Waals surface area contributed by atoms with Crippen LogP contribution in [-0.2, 0) is 6.54 Å². The summed E-state index contributed by atoms with van der Waals surface area (Å²) in [5, 5.41) is 13.4. The van der Waals surface area contributed by atoms with Gasteiger partial charge in [-0.3, -0.25) is 0 Å². The van der Waals surface area contributed by atoms with Crippen LogP contribution in [0.25, 0.3) is 5.82 Å². The summed E-state index contributed by atoms with van der Waals surface area (Å²) in [6.07, 6.45) is 0. The Bertz CT molecular complexity index is 447. The highest BCUT2D eigenvalue weighted by molar-refractivity contribution is 5.23. The van der Waals surface area contributed by atoms with E-state index in [9.17, 15) is 5.11 Å². The van der Waals surface area contributed by atoms with Crippen LogP contribution in [0.2, 0.25) is 0 Å². The molecule has 2 heterocycles. The maximum atomic E-state index is 9.35. The van der Waals surface area contributed by atoms with Crippen LogP contribution in [0.4, 0.5) is 0 Å². The first-order chi connectivity index (χ1) is 6.63. The van der Waals surface area contributed by atoms with Gasteiger partial charge in [0.2, 0.25) is 0 Å². The van der Waals surface area contributed by atoms with Gasteiger partial charge in [-0.2, -0.15) is 0 Å². The first-order valence-corrected chi connectivity index (χ1v) is 4.72. The Kier molecular flexibility index (Phi) is 1.91. The van der Waals surface area contributed by atoms with E-state index >= 15 is 0 Å². The fourth-order valence-electron chi connectivity index (χ4n) is 1.84. The summed E-state index contributed by atoms with van der Waals surface area (Å²) in [6.45, 7) is 6.99. The van der Waals surface area contributed by atoms with Gasteiger partial charge in [0.25, 0.3) is 5.88 Å². The predicted octanol–water partition coefficient (Wildman–Crippen LogP) is 0.940. The Morgan fingerprint density at radius 3 is 2.79 bits per heavy atom. The van der Waals surface area contributed by atoms with Crippen LogP contribution in [0.1, 0.15) is 18.3 Å². The van der Waals surface area contributed by atoms with Crippen molar-refractivity contribution in [2.75, 3.05) is 0 Å². The number of rotatable bonds is 1. The first-order valence-electron chi connectivity index (χ1n) is 4.72. The van der Waals surface area contributed by atoms with Crippen molar-refractivity contribution >= 4 is 0 Å². The third-order valence-electron chi connectivity index (χ3n) is 2.45. The summed E-state index contributed by atoms with van der Waals surface area (Å²) in [7, 11) is 0. The molecule has 74 valence electrons. The smallest absolute Gasteiger partial charge is 0.312 e. The molecule has 0 spiro atoms. The van der Waals surface area contributed by atoms with Gasteiger partial charge in [-0.05, 0) is 18.9 Å². The minimum Gasteiger partial charge on any atom is -0.491 e. The van der Waals surface area contributed by atoms with Gasteiger partial charge in [0, 0.05) is 13.0 Å². The summed E-state index contributed by atoms with van der Waals surface area (Å²) in [6, 6.07) is 3.74. The van der Waals surface area contributed by atoms with E-state index in [0.29, 0.717) is 0 Å². The lowest BCUT2D eigenvalue weighted by atomic mass is 10.3. The monoisotopic (exact) mass is 192 g/mol. The molecule has 2 aliphatic heterocycles. The Balaban J connectivity index is 2.81. The summed E-state index contributed by atoms with van der Waals surface area (Å²) < 4.78 is 3.87. The zero-order chi connectivity index (χ0) is 10.3. The maximum absolute atomic E-state index is 9.35. The van der Waals surface area contributed by atoms with E-state index in [4.69, 9.17) is 0 Å². The van der Waals surface area contributed by atoms with Gasteiger partial charge in [-0.1, -0.05) is 4.68 Å². The second-order valence-corrected chi connectivity index (χ2v) is 3.44. The van der Waals surface area contributed by atoms with Crippen LogP contribution < -0.4 is 4.68 Å². The normalized spacial score (nSPS) is 11.1. The molecule has 0 atom stereocenters. The topological polar surface area (TPSA) is 41.9 Å². The van der Waals surface area contributed by atoms with Crippen LogP contribution in [0.3, 0.4) is 0 Å². The molecule has 2 rings (SSSR count). The van der Waals surface area contributed by atoms with Crippen LogP contribution in [-0.4, -0.2) is 14.8 Å². The quantitative estimate of drug-likeness (QED) is 0.683. The number of hydrogen-bond donors (Lipinski definition) is 1. The van der Waals surface area contributed by atoms with Crippen molar-refractivity contribution in [1.29, 1.82) is 0 Å². The molecule has 0 amide bonds. The number of aromatic nitrogens is 3. The average Bonchev–Trinajstić information content (AvgIpc) is 2.48. The molecule has 2 aliphatic rings. The fourth-order valence-corrected chi connectivity index (χ4v) is 1.84. The van der Waals surface area contributed by atoms with Crippen LogP contribution in [0.5, 0.6) is 5.88 Å². The molecule has 1 N–H and O–H groups in total. The predicted molar refractivity (Wildman–Crippen MR) is 51.8 cm³/mol. The first kappa shape index (κ1) is 8.99. The summed E-state index contributed by atoms with van der Waals surface area (Å²) in [5.74, 6) is 1.00. The standard InChI is InChI=1S/C10H13N3O/c1-4-12-7(2)5-8(3)13-10(12)6-9(14)11-13/h5-6H,4H2,1-3H3/p+1. The van der Waals surface area contributed by atoms with Gasteiger partial charge in [-0.25, -0.2) is 4.57 Å². The molecular weight excluding hydrogens is 178 g/mol. The van der Waals surface area contributed by atoms with Gasteiger partial charge >= 0.3 is 5.82 Å². The number of hydrogen-bond acceptors (Lipinski definition) is 2. The van der Waals surface area contributed by atoms with Crippen molar-refractivity contribution in [3.63, 3.8) is 0 Å². The highest BCUT2D eigenvalue weighted by Crippen LogP contribution is 2.13. The second-order valence-electron chi connectivity index (χ2n) is 3.44. The molecule has 0 aromatic rings. The van der Waals surface area contributed by atoms with Gasteiger partial charge in [0.15, 0.2) is 0 Å². The van der Waals surface area contributed by atoms with Crippen molar-refractivity contribution in [3.8, 4) is 11.7 Å². The van der Waals surface area contributed by atoms with Crippen LogP contribution in [0.15, 0.2) is 12.1 Å². The SMILES string of the molecule is CCn1c(C)cc(C)[n+]2nc(O)cc1-2. The van der Waals surface area contributed by atoms with E-state index in [0.717, 1.165) is 18.1 Å². The number of nitrogens with zero attached hydrogens (tertiary/aromatic N) is 3. The van der Waals surface area contributed by atoms with E-state index < -0.39 is 0 Å². The molecule has 0 aromatic heterocycles. The lowest BCUT2D eigenvalue weighted by Gasteiger charge is -2.07. The van der Waals surface area contributed by atoms with E-state index in [1.807, 2.05) is 6.92 Å². The summed E-state index contributed by atoms with van der Waals surface area (Å²) in [4.78, 5) is 0. The zero-order valence-corrected chi connectivity index (χ0v) is 8.65. The Morgan fingerprint density at radius 2 is 2.14 bits per heavy atom. The molecule has 0 fully saturated rings. The van der Waals surface area contributed by atoms with Crippen LogP contribution >= 0.6 is 0 Å². The lowest BCUT2D eigenvalue weighted by Crippen LogP contribution is -2.40. The second kappa shape index (κ2) is 2.97. The molecule has 0 aromatic carbocycles. The molecule has 0 radical (unpaired) electrons. The highest BCUT2D eigenvalue weighted by Gasteiger charge is 2.22. The van der Waals surface area contributed by atoms with E-state index in [1.165, 1.54) is 5.69 Å². The van der Waals surface area contributed by atoms with Crippen molar-refractivity contribution in [1.82, 2.24) is 9.67 Å². The van der Waals surface area contributed by atoms with Gasteiger partial charge in [-0.15, -0.1) is 0 Å². The van der Waals surface area contributed by atoms with Crippen molar-refractivity contribution in [3.05, 3.63) is 23.5 Å². The molecule has 0 bridgehead atoms. The number of aromatic hydroxyl groups is 1. The minimum atomic E-state index is 0.0703. The fraction of sp³-hybridized carbons (Fsp3) is 0.400. The maximum Gasteiger partial charge on any atom is 0.312 e. The molecule has 0 aliphatic carbocycles. The Morgan fingerprint density at radius 1 is 1.43 bits per heavy atom. The van der Waals surface area contributed by atoms with Crippen LogP contribution in [0, 0.1) is 13.8 Å². The molecule has 14 heavy (non-hydrogen) atoms. The molecule has 4 nitrogen and oxygen atoms in total. The average molecular weight is 192 g/mol. The minimum absolute atomic E-state index is 0.0703. The molecule has 4 heteroatoms. The molecule has 0 saturated carbocycles. The number of aryl methyl sites for hydroxylation is 2. The number of fused-ring (bicyclic) bond motifs is 1.